The van der Waals surface area contributed by atoms with Crippen LogP contribution in [0.15, 0.2) is 29.3 Å². The Kier molecular flexibility index (Phi) is 2.97. The number of hydrogen-bond acceptors (Lipinski definition) is 3. The van der Waals surface area contributed by atoms with E-state index < -0.39 is 0 Å². The standard InChI is InChI=1S/C11H13N3O/c15-8-14-10-4-2-9(3-5-10)11-12-6-1-7-13-11/h2-5,8H,1,6-7H2,(H,12,13)(H,14,15). The Hall–Kier alpha value is -1.84. The van der Waals surface area contributed by atoms with Crippen LogP contribution in [0.5, 0.6) is 0 Å². The Morgan fingerprint density at radius 1 is 1.33 bits per heavy atom. The molecule has 0 saturated heterocycles. The van der Waals surface area contributed by atoms with Crippen LogP contribution < -0.4 is 10.6 Å². The molecule has 2 N–H and O–H groups in total. The van der Waals surface area contributed by atoms with Crippen LogP contribution in [0.25, 0.3) is 0 Å². The second-order valence-corrected chi connectivity index (χ2v) is 3.35. The van der Waals surface area contributed by atoms with E-state index in [9.17, 15) is 4.79 Å². The van der Waals surface area contributed by atoms with Gasteiger partial charge in [0.2, 0.25) is 6.41 Å². The molecule has 0 fully saturated rings. The van der Waals surface area contributed by atoms with Crippen molar-refractivity contribution >= 4 is 17.9 Å². The fourth-order valence-electron chi connectivity index (χ4n) is 1.52. The Morgan fingerprint density at radius 2 is 2.13 bits per heavy atom. The number of carbonyl (C=O) groups is 1. The van der Waals surface area contributed by atoms with Crippen LogP contribution in [0.1, 0.15) is 12.0 Å². The maximum absolute atomic E-state index is 10.2. The van der Waals surface area contributed by atoms with E-state index in [1.165, 1.54) is 0 Å². The highest BCUT2D eigenvalue weighted by Crippen LogP contribution is 2.10. The summed E-state index contributed by atoms with van der Waals surface area (Å²) in [6, 6.07) is 7.62. The third-order valence-electron chi connectivity index (χ3n) is 2.28. The second-order valence-electron chi connectivity index (χ2n) is 3.35. The van der Waals surface area contributed by atoms with Crippen molar-refractivity contribution in [1.29, 1.82) is 0 Å². The highest BCUT2D eigenvalue weighted by Gasteiger charge is 2.05. The molecule has 0 bridgehead atoms. The number of rotatable bonds is 3. The number of amidine groups is 1. The zero-order chi connectivity index (χ0) is 10.5. The monoisotopic (exact) mass is 203 g/mol. The molecule has 2 rings (SSSR count). The average Bonchev–Trinajstić information content (AvgIpc) is 2.32. The molecule has 0 spiro atoms. The minimum absolute atomic E-state index is 0.672. The summed E-state index contributed by atoms with van der Waals surface area (Å²) < 4.78 is 0. The van der Waals surface area contributed by atoms with Gasteiger partial charge in [0.15, 0.2) is 0 Å². The van der Waals surface area contributed by atoms with Gasteiger partial charge in [0, 0.05) is 24.3 Å². The fraction of sp³-hybridized carbons (Fsp3) is 0.273. The van der Waals surface area contributed by atoms with E-state index in [1.807, 2.05) is 24.3 Å². The maximum Gasteiger partial charge on any atom is 0.211 e. The maximum atomic E-state index is 10.2. The molecule has 0 saturated carbocycles. The number of nitrogens with one attached hydrogen (secondary N) is 2. The molecule has 0 radical (unpaired) electrons. The lowest BCUT2D eigenvalue weighted by Crippen LogP contribution is -2.30. The molecule has 0 aliphatic carbocycles. The first-order valence-electron chi connectivity index (χ1n) is 4.99. The summed E-state index contributed by atoms with van der Waals surface area (Å²) in [6.45, 7) is 1.86. The number of benzene rings is 1. The Bertz CT molecular complexity index is 370. The SMILES string of the molecule is O=CNc1ccc(C2=NCCCN2)cc1. The van der Waals surface area contributed by atoms with Gasteiger partial charge >= 0.3 is 0 Å². The second kappa shape index (κ2) is 4.59. The Labute approximate surface area is 88.4 Å². The van der Waals surface area contributed by atoms with Crippen LogP contribution >= 0.6 is 0 Å². The molecule has 4 nitrogen and oxygen atoms in total. The van der Waals surface area contributed by atoms with Gasteiger partial charge in [0.1, 0.15) is 5.84 Å². The van der Waals surface area contributed by atoms with Crippen molar-refractivity contribution in [2.45, 2.75) is 6.42 Å². The molecule has 1 amide bonds. The smallest absolute Gasteiger partial charge is 0.211 e. The molecule has 4 heteroatoms. The van der Waals surface area contributed by atoms with E-state index in [2.05, 4.69) is 15.6 Å². The molecule has 78 valence electrons. The van der Waals surface area contributed by atoms with Gasteiger partial charge in [-0.25, -0.2) is 0 Å². The van der Waals surface area contributed by atoms with Crippen molar-refractivity contribution in [2.75, 3.05) is 18.4 Å². The zero-order valence-electron chi connectivity index (χ0n) is 8.36. The molecule has 0 unspecified atom stereocenters. The zero-order valence-corrected chi connectivity index (χ0v) is 8.36. The van der Waals surface area contributed by atoms with Crippen LogP contribution in [0, 0.1) is 0 Å². The highest BCUT2D eigenvalue weighted by atomic mass is 16.1. The third-order valence-corrected chi connectivity index (χ3v) is 2.28. The van der Waals surface area contributed by atoms with Crippen LogP contribution in [-0.2, 0) is 4.79 Å². The first-order valence-corrected chi connectivity index (χ1v) is 4.99. The van der Waals surface area contributed by atoms with Gasteiger partial charge in [-0.15, -0.1) is 0 Å². The van der Waals surface area contributed by atoms with Crippen molar-refractivity contribution in [3.63, 3.8) is 0 Å². The van der Waals surface area contributed by atoms with E-state index in [4.69, 9.17) is 0 Å². The summed E-state index contributed by atoms with van der Waals surface area (Å²) in [7, 11) is 0. The van der Waals surface area contributed by atoms with Crippen molar-refractivity contribution in [3.8, 4) is 0 Å². The normalized spacial score (nSPS) is 15.1. The van der Waals surface area contributed by atoms with Gasteiger partial charge in [0.05, 0.1) is 0 Å². The van der Waals surface area contributed by atoms with E-state index in [-0.39, 0.29) is 0 Å². The summed E-state index contributed by atoms with van der Waals surface area (Å²) in [4.78, 5) is 14.6. The first kappa shape index (κ1) is 9.71. The first-order chi connectivity index (χ1) is 7.40. The van der Waals surface area contributed by atoms with Crippen LogP contribution in [0.2, 0.25) is 0 Å². The average molecular weight is 203 g/mol. The Morgan fingerprint density at radius 3 is 2.73 bits per heavy atom. The van der Waals surface area contributed by atoms with Gasteiger partial charge in [0.25, 0.3) is 0 Å². The lowest BCUT2D eigenvalue weighted by atomic mass is 10.1. The lowest BCUT2D eigenvalue weighted by molar-refractivity contribution is -0.105. The summed E-state index contributed by atoms with van der Waals surface area (Å²) in [6.07, 6.45) is 1.76. The quantitative estimate of drug-likeness (QED) is 0.720. The minimum atomic E-state index is 0.672. The molecular formula is C11H13N3O. The van der Waals surface area contributed by atoms with Crippen LogP contribution in [0.3, 0.4) is 0 Å². The molecule has 15 heavy (non-hydrogen) atoms. The summed E-state index contributed by atoms with van der Waals surface area (Å²) in [5.74, 6) is 0.943. The van der Waals surface area contributed by atoms with E-state index in [0.29, 0.717) is 6.41 Å². The number of anilines is 1. The van der Waals surface area contributed by atoms with Crippen molar-refractivity contribution < 1.29 is 4.79 Å². The van der Waals surface area contributed by atoms with E-state index in [1.54, 1.807) is 0 Å². The fourth-order valence-corrected chi connectivity index (χ4v) is 1.52. The molecule has 1 aromatic rings. The molecule has 1 aromatic carbocycles. The van der Waals surface area contributed by atoms with E-state index >= 15 is 0 Å². The topological polar surface area (TPSA) is 53.5 Å². The highest BCUT2D eigenvalue weighted by molar-refractivity contribution is 5.99. The number of amides is 1. The van der Waals surface area contributed by atoms with Gasteiger partial charge in [-0.05, 0) is 30.7 Å². The predicted molar refractivity (Wildman–Crippen MR) is 60.2 cm³/mol. The Balaban J connectivity index is 2.15. The van der Waals surface area contributed by atoms with Crippen LogP contribution in [-0.4, -0.2) is 25.3 Å². The van der Waals surface area contributed by atoms with Crippen molar-refractivity contribution in [1.82, 2.24) is 5.32 Å². The lowest BCUT2D eigenvalue weighted by Gasteiger charge is -2.14. The molecule has 0 aromatic heterocycles. The molecule has 0 atom stereocenters. The number of carbonyl (C=O) groups excluding carboxylic acids is 1. The van der Waals surface area contributed by atoms with Crippen LogP contribution in [0.4, 0.5) is 5.69 Å². The predicted octanol–water partition coefficient (Wildman–Crippen LogP) is 0.995. The van der Waals surface area contributed by atoms with Gasteiger partial charge in [-0.2, -0.15) is 0 Å². The summed E-state index contributed by atoms with van der Waals surface area (Å²) >= 11 is 0. The molecular weight excluding hydrogens is 190 g/mol. The minimum Gasteiger partial charge on any atom is -0.370 e. The van der Waals surface area contributed by atoms with Gasteiger partial charge < -0.3 is 10.6 Å². The van der Waals surface area contributed by atoms with Crippen molar-refractivity contribution in [2.24, 2.45) is 4.99 Å². The summed E-state index contributed by atoms with van der Waals surface area (Å²) in [5, 5.41) is 5.84. The third kappa shape index (κ3) is 2.34. The molecule has 1 aliphatic rings. The number of aliphatic imine (C=N–C) groups is 1. The molecule has 1 aliphatic heterocycles. The van der Waals surface area contributed by atoms with Crippen molar-refractivity contribution in [3.05, 3.63) is 29.8 Å². The number of hydrogen-bond donors (Lipinski definition) is 2. The van der Waals surface area contributed by atoms with Gasteiger partial charge in [-0.1, -0.05) is 0 Å². The largest absolute Gasteiger partial charge is 0.370 e. The summed E-state index contributed by atoms with van der Waals surface area (Å²) in [5.41, 5.74) is 1.86. The number of nitrogens with zero attached hydrogens (tertiary/aromatic N) is 1. The van der Waals surface area contributed by atoms with E-state index in [0.717, 1.165) is 36.6 Å². The van der Waals surface area contributed by atoms with Gasteiger partial charge in [-0.3, -0.25) is 9.79 Å². The molecule has 1 heterocycles.